The Morgan fingerprint density at radius 3 is 0.596 bits per heavy atom. The topological polar surface area (TPSA) is 267 Å². The van der Waals surface area contributed by atoms with Gasteiger partial charge in [-0.25, -0.2) is 0 Å². The zero-order valence-electron chi connectivity index (χ0n) is 70.5. The van der Waals surface area contributed by atoms with E-state index in [0.717, 1.165) is 167 Å². The van der Waals surface area contributed by atoms with Crippen molar-refractivity contribution in [3.05, 3.63) is 255 Å². The molecular formula is C98H154O16. The van der Waals surface area contributed by atoms with E-state index in [0.29, 0.717) is 25.7 Å². The lowest BCUT2D eigenvalue weighted by molar-refractivity contribution is -0.148. The molecule has 16 nitrogen and oxygen atoms in total. The molecule has 642 valence electrons. The molecule has 0 aliphatic rings. The molecule has 114 heavy (non-hydrogen) atoms. The van der Waals surface area contributed by atoms with E-state index in [4.69, 9.17) is 59.8 Å². The second kappa shape index (κ2) is 101. The van der Waals surface area contributed by atoms with Crippen molar-refractivity contribution < 1.29 is 79.0 Å². The van der Waals surface area contributed by atoms with Crippen LogP contribution in [0.1, 0.15) is 259 Å². The molecule has 0 aromatic rings. The quantitative estimate of drug-likeness (QED) is 0.0122. The maximum Gasteiger partial charge on any atom is 0.306 e. The second-order valence-corrected chi connectivity index (χ2v) is 26.3. The number of aliphatic hydroxyl groups excluding tert-OH is 8. The minimum atomic E-state index is -0.996. The van der Waals surface area contributed by atoms with Crippen LogP contribution in [-0.2, 0) is 38.1 Å². The zero-order chi connectivity index (χ0) is 84.3. The molecular weight excluding hydrogens is 1430 g/mol. The van der Waals surface area contributed by atoms with Crippen LogP contribution < -0.4 is 0 Å². The Morgan fingerprint density at radius 2 is 0.386 bits per heavy atom. The first kappa shape index (κ1) is 112. The Bertz CT molecular complexity index is 2830. The van der Waals surface area contributed by atoms with Gasteiger partial charge >= 0.3 is 23.9 Å². The van der Waals surface area contributed by atoms with Crippen LogP contribution in [0, 0.1) is 0 Å². The van der Waals surface area contributed by atoms with Gasteiger partial charge in [-0.3, -0.25) is 19.2 Å². The Hall–Kier alpha value is -7.90. The number of hydrogen-bond donors (Lipinski definition) is 8. The Morgan fingerprint density at radius 1 is 0.211 bits per heavy atom. The molecule has 4 unspecified atom stereocenters. The van der Waals surface area contributed by atoms with Crippen molar-refractivity contribution in [2.24, 2.45) is 0 Å². The van der Waals surface area contributed by atoms with E-state index in [-0.39, 0.29) is 69.8 Å². The van der Waals surface area contributed by atoms with Gasteiger partial charge in [-0.05, 0) is 186 Å². The summed E-state index contributed by atoms with van der Waals surface area (Å²) in [4.78, 5) is 45.5. The number of esters is 4. The number of hydrogen-bond acceptors (Lipinski definition) is 16. The van der Waals surface area contributed by atoms with Crippen LogP contribution in [0.3, 0.4) is 0 Å². The third kappa shape index (κ3) is 106. The van der Waals surface area contributed by atoms with Crippen molar-refractivity contribution in [1.82, 2.24) is 0 Å². The molecule has 0 rings (SSSR count). The van der Waals surface area contributed by atoms with Crippen molar-refractivity contribution in [1.29, 1.82) is 0 Å². The fraction of sp³-hybridized carbons (Fsp3) is 0.531. The third-order valence-electron chi connectivity index (χ3n) is 15.4. The summed E-state index contributed by atoms with van der Waals surface area (Å²) in [5, 5.41) is 70.8. The highest BCUT2D eigenvalue weighted by atomic mass is 16.6. The van der Waals surface area contributed by atoms with Crippen molar-refractivity contribution in [3.63, 3.8) is 0 Å². The monoisotopic (exact) mass is 1590 g/mol. The molecule has 0 heterocycles. The van der Waals surface area contributed by atoms with Crippen LogP contribution in [-0.4, -0.2) is 142 Å². The highest BCUT2D eigenvalue weighted by Crippen LogP contribution is 2.09. The lowest BCUT2D eigenvalue weighted by Gasteiger charge is -2.08. The van der Waals surface area contributed by atoms with Gasteiger partial charge in [0.05, 0.1) is 26.4 Å². The summed E-state index contributed by atoms with van der Waals surface area (Å²) in [6, 6.07) is 0. The summed E-state index contributed by atoms with van der Waals surface area (Å²) in [6.07, 6.45) is 119. The van der Waals surface area contributed by atoms with Gasteiger partial charge in [0.2, 0.25) is 0 Å². The Labute approximate surface area is 690 Å². The molecule has 8 N–H and O–H groups in total. The number of carbonyl (C=O) groups excluding carboxylic acids is 4. The van der Waals surface area contributed by atoms with Crippen molar-refractivity contribution in [2.45, 2.75) is 283 Å². The van der Waals surface area contributed by atoms with Gasteiger partial charge in [0.15, 0.2) is 0 Å². The highest BCUT2D eigenvalue weighted by molar-refractivity contribution is 5.70. The molecule has 0 aliphatic carbocycles. The average Bonchev–Trinajstić information content (AvgIpc) is 1.07. The maximum atomic E-state index is 11.4. The standard InChI is InChI=1S/2C25H40O4.C25H38O4.C23H36O4/c3*1-2-3-4-5-6-7-8-9-10-11-12-13-14-15-16-17-18-19-20-21-25(28)29-23-24(27)22-26;1-2-3-4-5-6-7-8-9-10-11-12-13-14-15-16-17-18-19-23(26)27-21-22(25)20-24/h6-7,9-10,12-13,15-16,18-19,24,26-27H,2-5,8,11,14,17,20-23H2,1H3;3-4,6-7,9-10,12-13,15-16,24,26-27H,2,5,8,11,14,17-23H2,1H3;3-4,6-7,9-10,12-13,15-16,18-19,24,26-27H,2,5,8,11,14,17,20-23H2,1H3;3-4,6-7,9-10,12-13,15-16,22,24-25H,2,5,8,11,14,17-21H2,1H3/b7-6-,10-9-,13-12-,16-15-,19-18-;4-3-,7-6-,10-9-,13-12-,16-15-;4-3-,7-6-,10-9-,13-12-,16-15-,19-18-;4-3-,7-6-,10-9-,13-12-,16-15-. The van der Waals surface area contributed by atoms with Crippen LogP contribution in [0.15, 0.2) is 255 Å². The molecule has 0 aromatic heterocycles. The highest BCUT2D eigenvalue weighted by Gasteiger charge is 2.10. The second-order valence-electron chi connectivity index (χ2n) is 26.3. The van der Waals surface area contributed by atoms with E-state index in [9.17, 15) is 19.2 Å². The first-order chi connectivity index (χ1) is 55.8. The summed E-state index contributed by atoms with van der Waals surface area (Å²) in [5.41, 5.74) is 0. The molecule has 0 aliphatic heterocycles. The first-order valence-corrected chi connectivity index (χ1v) is 42.2. The fourth-order valence-electron chi connectivity index (χ4n) is 8.94. The Kier molecular flexibility index (Phi) is 99.8. The van der Waals surface area contributed by atoms with E-state index in [1.165, 1.54) is 25.7 Å². The summed E-state index contributed by atoms with van der Waals surface area (Å²) in [7, 11) is 0. The lowest BCUT2D eigenvalue weighted by atomic mass is 10.1. The van der Waals surface area contributed by atoms with Gasteiger partial charge in [-0.1, -0.05) is 302 Å². The molecule has 0 fully saturated rings. The molecule has 0 spiro atoms. The predicted molar refractivity (Wildman–Crippen MR) is 477 cm³/mol. The number of rotatable bonds is 69. The van der Waals surface area contributed by atoms with E-state index in [1.54, 1.807) is 0 Å². The van der Waals surface area contributed by atoms with Crippen LogP contribution in [0.4, 0.5) is 0 Å². The van der Waals surface area contributed by atoms with E-state index >= 15 is 0 Å². The first-order valence-electron chi connectivity index (χ1n) is 42.2. The summed E-state index contributed by atoms with van der Waals surface area (Å²) in [6.45, 7) is 6.50. The normalized spacial score (nSPS) is 13.7. The van der Waals surface area contributed by atoms with Crippen LogP contribution in [0.25, 0.3) is 0 Å². The van der Waals surface area contributed by atoms with Crippen LogP contribution in [0.2, 0.25) is 0 Å². The number of allylic oxidation sites excluding steroid dienone is 42. The van der Waals surface area contributed by atoms with E-state index < -0.39 is 44.2 Å². The van der Waals surface area contributed by atoms with Gasteiger partial charge in [0.25, 0.3) is 0 Å². The number of unbranched alkanes of at least 4 members (excludes halogenated alkanes) is 7. The van der Waals surface area contributed by atoms with Gasteiger partial charge in [-0.2, -0.15) is 0 Å². The largest absolute Gasteiger partial charge is 0.463 e. The van der Waals surface area contributed by atoms with Gasteiger partial charge < -0.3 is 59.8 Å². The number of carbonyl (C=O) groups is 4. The molecule has 0 radical (unpaired) electrons. The SMILES string of the molecule is CC/C=C\C/C=C\C/C=C\C/C=C\C/C=C\C/C=C\CCC(=O)OCC(O)CO.CC/C=C\C/C=C\C/C=C\C/C=C\C/C=C\CCCC(=O)OCC(O)CO.CC/C=C\C/C=C\C/C=C\C/C=C\C/C=C\CCCCCC(=O)OCC(O)CO.CCCCC/C=C\C/C=C\C/C=C\C/C=C\C/C=C\CCC(=O)OCC(O)CO. The molecule has 0 bridgehead atoms. The molecule has 0 saturated heterocycles. The van der Waals surface area contributed by atoms with E-state index in [1.807, 2.05) is 24.3 Å². The maximum absolute atomic E-state index is 11.4. The van der Waals surface area contributed by atoms with Gasteiger partial charge in [0, 0.05) is 25.7 Å². The molecule has 16 heteroatoms. The van der Waals surface area contributed by atoms with Crippen molar-refractivity contribution >= 4 is 23.9 Å². The van der Waals surface area contributed by atoms with Crippen LogP contribution in [0.5, 0.6) is 0 Å². The minimum absolute atomic E-state index is 0.130. The van der Waals surface area contributed by atoms with Crippen molar-refractivity contribution in [2.75, 3.05) is 52.9 Å². The van der Waals surface area contributed by atoms with E-state index in [2.05, 4.69) is 259 Å². The number of aliphatic hydroxyl groups is 8. The third-order valence-corrected chi connectivity index (χ3v) is 15.4. The molecule has 0 amide bonds. The predicted octanol–water partition coefficient (Wildman–Crippen LogP) is 21.3. The minimum Gasteiger partial charge on any atom is -0.463 e. The molecule has 0 saturated carbocycles. The summed E-state index contributed by atoms with van der Waals surface area (Å²) >= 11 is 0. The van der Waals surface area contributed by atoms with Crippen molar-refractivity contribution in [3.8, 4) is 0 Å². The smallest absolute Gasteiger partial charge is 0.306 e. The zero-order valence-corrected chi connectivity index (χ0v) is 70.5. The lowest BCUT2D eigenvalue weighted by Crippen LogP contribution is -2.21. The Balaban J connectivity index is -0.000000708. The fourth-order valence-corrected chi connectivity index (χ4v) is 8.94. The molecule has 0 aromatic carbocycles. The number of ether oxygens (including phenoxy) is 4. The van der Waals surface area contributed by atoms with Gasteiger partial charge in [-0.15, -0.1) is 0 Å². The summed E-state index contributed by atoms with van der Waals surface area (Å²) in [5.74, 6) is -1.38. The average molecular weight is 1590 g/mol. The van der Waals surface area contributed by atoms with Crippen LogP contribution >= 0.6 is 0 Å². The molecule has 4 atom stereocenters. The summed E-state index contributed by atoms with van der Waals surface area (Å²) < 4.78 is 19.3. The van der Waals surface area contributed by atoms with Gasteiger partial charge in [0.1, 0.15) is 50.8 Å².